The number of carbonyl (C=O) groups excluding carboxylic acids is 2. The highest BCUT2D eigenvalue weighted by Crippen LogP contribution is 2.32. The summed E-state index contributed by atoms with van der Waals surface area (Å²) >= 11 is 0. The van der Waals surface area contributed by atoms with E-state index in [9.17, 15) is 14.7 Å². The number of para-hydroxylation sites is 1. The quantitative estimate of drug-likeness (QED) is 0.665. The molecule has 0 saturated heterocycles. The van der Waals surface area contributed by atoms with Gasteiger partial charge in [0, 0.05) is 6.42 Å². The minimum atomic E-state index is -0.689. The van der Waals surface area contributed by atoms with Gasteiger partial charge in [0.25, 0.3) is 5.91 Å². The van der Waals surface area contributed by atoms with Gasteiger partial charge in [0.15, 0.2) is 5.76 Å². The number of amides is 1. The maximum atomic E-state index is 12.9. The number of rotatable bonds is 5. The Hall–Kier alpha value is -3.21. The lowest BCUT2D eigenvalue weighted by Gasteiger charge is -2.07. The SMILES string of the molecule is O=C1N=C(CCc2ccccc2)C(O)=C1C(=O)c1cccc2c1OCC2. The minimum Gasteiger partial charge on any atom is -0.505 e. The summed E-state index contributed by atoms with van der Waals surface area (Å²) in [7, 11) is 0. The van der Waals surface area contributed by atoms with E-state index in [0.717, 1.165) is 17.5 Å². The maximum absolute atomic E-state index is 12.9. The first-order valence-corrected chi connectivity index (χ1v) is 8.54. The van der Waals surface area contributed by atoms with E-state index >= 15 is 0 Å². The second kappa shape index (κ2) is 6.59. The minimum absolute atomic E-state index is 0.260. The Bertz CT molecular complexity index is 957. The molecule has 0 saturated carbocycles. The van der Waals surface area contributed by atoms with E-state index in [2.05, 4.69) is 4.99 Å². The number of hydrogen-bond acceptors (Lipinski definition) is 4. The van der Waals surface area contributed by atoms with Gasteiger partial charge < -0.3 is 9.84 Å². The van der Waals surface area contributed by atoms with Crippen LogP contribution in [0.1, 0.15) is 27.9 Å². The van der Waals surface area contributed by atoms with Gasteiger partial charge in [-0.2, -0.15) is 0 Å². The van der Waals surface area contributed by atoms with Crippen molar-refractivity contribution in [3.63, 3.8) is 0 Å². The van der Waals surface area contributed by atoms with Crippen LogP contribution in [0, 0.1) is 0 Å². The molecule has 2 aromatic carbocycles. The van der Waals surface area contributed by atoms with Gasteiger partial charge in [-0.1, -0.05) is 42.5 Å². The number of ether oxygens (including phenoxy) is 1. The molecule has 2 aromatic rings. The molecule has 5 nitrogen and oxygen atoms in total. The number of hydrogen-bond donors (Lipinski definition) is 1. The Morgan fingerprint density at radius 2 is 1.88 bits per heavy atom. The van der Waals surface area contributed by atoms with Crippen molar-refractivity contribution in [2.75, 3.05) is 6.61 Å². The third kappa shape index (κ3) is 2.81. The molecule has 0 spiro atoms. The van der Waals surface area contributed by atoms with Crippen molar-refractivity contribution in [2.45, 2.75) is 19.3 Å². The predicted octanol–water partition coefficient (Wildman–Crippen LogP) is 3.23. The number of aryl methyl sites for hydroxylation is 1. The number of aliphatic imine (C=N–C) groups is 1. The molecular formula is C21H17NO4. The first kappa shape index (κ1) is 16.3. The molecule has 1 N–H and O–H groups in total. The van der Waals surface area contributed by atoms with Gasteiger partial charge >= 0.3 is 0 Å². The van der Waals surface area contributed by atoms with E-state index in [4.69, 9.17) is 4.74 Å². The van der Waals surface area contributed by atoms with Crippen LogP contribution in [0.3, 0.4) is 0 Å². The van der Waals surface area contributed by atoms with E-state index in [1.54, 1.807) is 12.1 Å². The number of Topliss-reactive ketones (excluding diaryl/α,β-unsaturated/α-hetero) is 1. The number of aliphatic hydroxyl groups excluding tert-OH is 1. The van der Waals surface area contributed by atoms with E-state index in [-0.39, 0.29) is 17.0 Å². The summed E-state index contributed by atoms with van der Waals surface area (Å²) in [6.07, 6.45) is 1.75. The molecule has 26 heavy (non-hydrogen) atoms. The van der Waals surface area contributed by atoms with Crippen molar-refractivity contribution in [1.29, 1.82) is 0 Å². The third-order valence-corrected chi connectivity index (χ3v) is 4.64. The fraction of sp³-hybridized carbons (Fsp3) is 0.190. The van der Waals surface area contributed by atoms with Crippen molar-refractivity contribution >= 4 is 17.4 Å². The zero-order valence-electron chi connectivity index (χ0n) is 14.1. The molecule has 5 heteroatoms. The normalized spacial score (nSPS) is 15.7. The van der Waals surface area contributed by atoms with Crippen molar-refractivity contribution in [1.82, 2.24) is 0 Å². The van der Waals surface area contributed by atoms with Crippen molar-refractivity contribution in [3.05, 3.63) is 76.6 Å². The van der Waals surface area contributed by atoms with Gasteiger partial charge in [-0.25, -0.2) is 4.99 Å². The van der Waals surface area contributed by atoms with Gasteiger partial charge in [-0.05, 0) is 30.0 Å². The molecule has 1 amide bonds. The van der Waals surface area contributed by atoms with Crippen LogP contribution in [-0.2, 0) is 17.6 Å². The molecule has 0 atom stereocenters. The second-order valence-corrected chi connectivity index (χ2v) is 6.29. The summed E-state index contributed by atoms with van der Waals surface area (Å²) < 4.78 is 5.54. The fourth-order valence-corrected chi connectivity index (χ4v) is 3.29. The average Bonchev–Trinajstić information content (AvgIpc) is 3.24. The molecule has 0 unspecified atom stereocenters. The molecular weight excluding hydrogens is 330 g/mol. The fourth-order valence-electron chi connectivity index (χ4n) is 3.29. The predicted molar refractivity (Wildman–Crippen MR) is 96.8 cm³/mol. The summed E-state index contributed by atoms with van der Waals surface area (Å²) in [5, 5.41) is 10.4. The molecule has 4 rings (SSSR count). The van der Waals surface area contributed by atoms with Crippen LogP contribution in [0.5, 0.6) is 5.75 Å². The Labute approximate surface area is 150 Å². The number of benzene rings is 2. The number of fused-ring (bicyclic) bond motifs is 1. The summed E-state index contributed by atoms with van der Waals surface area (Å²) in [5.41, 5.74) is 2.30. The smallest absolute Gasteiger partial charge is 0.285 e. The molecule has 0 aromatic heterocycles. The van der Waals surface area contributed by atoms with Crippen LogP contribution in [0.25, 0.3) is 0 Å². The molecule has 130 valence electrons. The number of aliphatic hydroxyl groups is 1. The zero-order valence-corrected chi connectivity index (χ0v) is 14.1. The van der Waals surface area contributed by atoms with Gasteiger partial charge in [-0.3, -0.25) is 9.59 Å². The standard InChI is InChI=1S/C21H17NO4/c23-18(15-8-4-7-14-11-12-26-20(14)15)17-19(24)16(22-21(17)25)10-9-13-5-2-1-3-6-13/h1-8,24H,9-12H2. The third-order valence-electron chi connectivity index (χ3n) is 4.64. The van der Waals surface area contributed by atoms with Gasteiger partial charge in [0.2, 0.25) is 5.78 Å². The largest absolute Gasteiger partial charge is 0.505 e. The molecule has 2 heterocycles. The van der Waals surface area contributed by atoms with Crippen molar-refractivity contribution in [2.24, 2.45) is 4.99 Å². The Kier molecular flexibility index (Phi) is 4.13. The Morgan fingerprint density at radius 1 is 1.08 bits per heavy atom. The average molecular weight is 347 g/mol. The molecule has 2 aliphatic rings. The molecule has 0 fully saturated rings. The van der Waals surface area contributed by atoms with Crippen LogP contribution < -0.4 is 4.74 Å². The summed E-state index contributed by atoms with van der Waals surface area (Å²) in [6.45, 7) is 0.511. The number of carbonyl (C=O) groups is 2. The van der Waals surface area contributed by atoms with E-state index in [1.165, 1.54) is 0 Å². The Morgan fingerprint density at radius 3 is 2.69 bits per heavy atom. The lowest BCUT2D eigenvalue weighted by atomic mass is 9.98. The van der Waals surface area contributed by atoms with E-state index in [1.807, 2.05) is 36.4 Å². The maximum Gasteiger partial charge on any atom is 0.285 e. The monoisotopic (exact) mass is 347 g/mol. The second-order valence-electron chi connectivity index (χ2n) is 6.29. The molecule has 0 aliphatic carbocycles. The van der Waals surface area contributed by atoms with Gasteiger partial charge in [0.05, 0.1) is 17.9 Å². The molecule has 0 bridgehead atoms. The molecule has 2 aliphatic heterocycles. The van der Waals surface area contributed by atoms with E-state index < -0.39 is 11.7 Å². The van der Waals surface area contributed by atoms with Crippen LogP contribution in [-0.4, -0.2) is 29.1 Å². The van der Waals surface area contributed by atoms with Crippen molar-refractivity contribution < 1.29 is 19.4 Å². The summed E-state index contributed by atoms with van der Waals surface area (Å²) in [6, 6.07) is 15.0. The van der Waals surface area contributed by atoms with Crippen LogP contribution in [0.15, 0.2) is 64.9 Å². The zero-order chi connectivity index (χ0) is 18.1. The summed E-state index contributed by atoms with van der Waals surface area (Å²) in [4.78, 5) is 29.0. The molecule has 0 radical (unpaired) electrons. The summed E-state index contributed by atoms with van der Waals surface area (Å²) in [5.74, 6) is -1.04. The lowest BCUT2D eigenvalue weighted by Crippen LogP contribution is -2.13. The highest BCUT2D eigenvalue weighted by atomic mass is 16.5. The highest BCUT2D eigenvalue weighted by molar-refractivity contribution is 6.35. The number of ketones is 1. The topological polar surface area (TPSA) is 76.0 Å². The van der Waals surface area contributed by atoms with Gasteiger partial charge in [-0.15, -0.1) is 0 Å². The lowest BCUT2D eigenvalue weighted by molar-refractivity contribution is -0.113. The van der Waals surface area contributed by atoms with Crippen LogP contribution >= 0.6 is 0 Å². The van der Waals surface area contributed by atoms with Crippen LogP contribution in [0.2, 0.25) is 0 Å². The highest BCUT2D eigenvalue weighted by Gasteiger charge is 2.34. The van der Waals surface area contributed by atoms with Crippen molar-refractivity contribution in [3.8, 4) is 5.75 Å². The Balaban J connectivity index is 1.59. The first-order chi connectivity index (χ1) is 12.6. The van der Waals surface area contributed by atoms with Gasteiger partial charge in [0.1, 0.15) is 11.3 Å². The first-order valence-electron chi connectivity index (χ1n) is 8.54. The van der Waals surface area contributed by atoms with E-state index in [0.29, 0.717) is 30.8 Å². The van der Waals surface area contributed by atoms with Crippen LogP contribution in [0.4, 0.5) is 0 Å². The number of nitrogens with zero attached hydrogens (tertiary/aromatic N) is 1. The number of allylic oxidation sites excluding steroid dienone is 1.